The normalized spacial score (nSPS) is 20.4. The van der Waals surface area contributed by atoms with Gasteiger partial charge in [-0.25, -0.2) is 9.48 Å². The van der Waals surface area contributed by atoms with Crippen LogP contribution < -0.4 is 10.1 Å². The summed E-state index contributed by atoms with van der Waals surface area (Å²) >= 11 is 0. The summed E-state index contributed by atoms with van der Waals surface area (Å²) in [6.45, 7) is 0.541. The van der Waals surface area contributed by atoms with Crippen molar-refractivity contribution in [3.8, 4) is 5.75 Å². The van der Waals surface area contributed by atoms with E-state index in [2.05, 4.69) is 20.8 Å². The number of fused-ring (bicyclic) bond motifs is 1. The molecule has 1 aliphatic heterocycles. The molecule has 0 saturated heterocycles. The average Bonchev–Trinajstić information content (AvgIpc) is 3.01. The van der Waals surface area contributed by atoms with Gasteiger partial charge in [-0.2, -0.15) is 0 Å². The lowest BCUT2D eigenvalue weighted by Gasteiger charge is -2.18. The molecule has 20 heavy (non-hydrogen) atoms. The number of amides is 1. The molecule has 0 spiro atoms. The number of ether oxygens (including phenoxy) is 1. The molecule has 1 aromatic carbocycles. The summed E-state index contributed by atoms with van der Waals surface area (Å²) in [5.41, 5.74) is 0.997. The molecular formula is C12H13N5O3. The van der Waals surface area contributed by atoms with Gasteiger partial charge in [0.2, 0.25) is 0 Å². The minimum absolute atomic E-state index is 0.0602. The third-order valence-electron chi connectivity index (χ3n) is 3.43. The number of benzene rings is 1. The number of hydrogen-bond donors (Lipinski definition) is 2. The van der Waals surface area contributed by atoms with E-state index < -0.39 is 12.1 Å². The van der Waals surface area contributed by atoms with Crippen molar-refractivity contribution < 1.29 is 14.6 Å². The number of nitrogens with one attached hydrogen (secondary N) is 1. The van der Waals surface area contributed by atoms with E-state index in [1.165, 1.54) is 0 Å². The topological polar surface area (TPSA) is 102 Å². The van der Waals surface area contributed by atoms with E-state index in [9.17, 15) is 4.79 Å². The van der Waals surface area contributed by atoms with Crippen LogP contribution in [0.1, 0.15) is 23.3 Å². The van der Waals surface area contributed by atoms with E-state index in [1.54, 1.807) is 11.8 Å². The van der Waals surface area contributed by atoms with E-state index in [0.29, 0.717) is 12.4 Å². The largest absolute Gasteiger partial charge is 0.497 e. The van der Waals surface area contributed by atoms with E-state index in [-0.39, 0.29) is 5.92 Å². The predicted octanol–water partition coefficient (Wildman–Crippen LogP) is 0.788. The smallest absolute Gasteiger partial charge is 0.405 e. The molecule has 2 unspecified atom stereocenters. The second-order valence-electron chi connectivity index (χ2n) is 4.53. The Morgan fingerprint density at radius 2 is 2.20 bits per heavy atom. The van der Waals surface area contributed by atoms with Crippen molar-refractivity contribution in [2.75, 3.05) is 7.11 Å². The summed E-state index contributed by atoms with van der Waals surface area (Å²) in [7, 11) is 1.60. The summed E-state index contributed by atoms with van der Waals surface area (Å²) in [5.74, 6) is 1.23. The lowest BCUT2D eigenvalue weighted by Crippen LogP contribution is -2.29. The monoisotopic (exact) mass is 275 g/mol. The van der Waals surface area contributed by atoms with Crippen LogP contribution in [0.15, 0.2) is 24.3 Å². The number of hydrogen-bond acceptors (Lipinski definition) is 5. The van der Waals surface area contributed by atoms with Crippen molar-refractivity contribution >= 4 is 6.09 Å². The predicted molar refractivity (Wildman–Crippen MR) is 67.5 cm³/mol. The summed E-state index contributed by atoms with van der Waals surface area (Å²) in [5, 5.41) is 22.8. The molecule has 0 bridgehead atoms. The van der Waals surface area contributed by atoms with Gasteiger partial charge in [0, 0.05) is 5.92 Å². The molecule has 0 radical (unpaired) electrons. The number of rotatable bonds is 3. The van der Waals surface area contributed by atoms with E-state index in [0.717, 1.165) is 11.3 Å². The second kappa shape index (κ2) is 4.80. The highest BCUT2D eigenvalue weighted by Gasteiger charge is 2.37. The van der Waals surface area contributed by atoms with Gasteiger partial charge in [-0.05, 0) is 28.1 Å². The maximum atomic E-state index is 11.0. The second-order valence-corrected chi connectivity index (χ2v) is 4.53. The van der Waals surface area contributed by atoms with Gasteiger partial charge >= 0.3 is 6.09 Å². The third-order valence-corrected chi connectivity index (χ3v) is 3.43. The Labute approximate surface area is 114 Å². The quantitative estimate of drug-likeness (QED) is 0.858. The molecule has 8 nitrogen and oxygen atoms in total. The minimum atomic E-state index is -1.09. The maximum absolute atomic E-state index is 11.0. The highest BCUT2D eigenvalue weighted by molar-refractivity contribution is 5.65. The van der Waals surface area contributed by atoms with Gasteiger partial charge in [-0.1, -0.05) is 12.1 Å². The van der Waals surface area contributed by atoms with Crippen molar-refractivity contribution in [1.29, 1.82) is 0 Å². The fourth-order valence-corrected chi connectivity index (χ4v) is 2.48. The van der Waals surface area contributed by atoms with E-state index in [4.69, 9.17) is 9.84 Å². The van der Waals surface area contributed by atoms with Crippen LogP contribution in [0, 0.1) is 0 Å². The molecule has 2 atom stereocenters. The molecular weight excluding hydrogens is 262 g/mol. The highest BCUT2D eigenvalue weighted by atomic mass is 16.5. The Bertz CT molecular complexity index is 624. The van der Waals surface area contributed by atoms with Gasteiger partial charge in [0.1, 0.15) is 11.8 Å². The molecule has 2 heterocycles. The molecule has 1 aliphatic rings. The van der Waals surface area contributed by atoms with Crippen LogP contribution in [0.3, 0.4) is 0 Å². The van der Waals surface area contributed by atoms with Crippen LogP contribution in [0.2, 0.25) is 0 Å². The number of carboxylic acid groups (broad SMARTS) is 1. The first-order valence-corrected chi connectivity index (χ1v) is 6.08. The van der Waals surface area contributed by atoms with Crippen LogP contribution in [0.25, 0.3) is 0 Å². The maximum Gasteiger partial charge on any atom is 0.405 e. The number of aromatic nitrogens is 4. The Hall–Kier alpha value is -2.64. The highest BCUT2D eigenvalue weighted by Crippen LogP contribution is 2.37. The summed E-state index contributed by atoms with van der Waals surface area (Å²) < 4.78 is 6.74. The fraction of sp³-hybridized carbons (Fsp3) is 0.333. The Kier molecular flexibility index (Phi) is 2.97. The van der Waals surface area contributed by atoms with Crippen molar-refractivity contribution in [3.05, 3.63) is 35.7 Å². The van der Waals surface area contributed by atoms with Crippen molar-refractivity contribution in [2.45, 2.75) is 18.5 Å². The average molecular weight is 275 g/mol. The van der Waals surface area contributed by atoms with Crippen LogP contribution in [0.4, 0.5) is 4.79 Å². The first kappa shape index (κ1) is 12.4. The van der Waals surface area contributed by atoms with E-state index >= 15 is 0 Å². The molecule has 2 N–H and O–H groups in total. The van der Waals surface area contributed by atoms with Crippen molar-refractivity contribution in [1.82, 2.24) is 25.5 Å². The zero-order chi connectivity index (χ0) is 14.1. The van der Waals surface area contributed by atoms with Gasteiger partial charge in [0.05, 0.1) is 13.7 Å². The number of methoxy groups -OCH3 is 1. The molecule has 2 aromatic rings. The zero-order valence-corrected chi connectivity index (χ0v) is 10.7. The molecule has 0 aliphatic carbocycles. The molecule has 1 amide bonds. The Morgan fingerprint density at radius 3 is 2.85 bits per heavy atom. The molecule has 0 saturated carbocycles. The lowest BCUT2D eigenvalue weighted by molar-refractivity contribution is 0.188. The van der Waals surface area contributed by atoms with Crippen LogP contribution in [-0.4, -0.2) is 38.5 Å². The van der Waals surface area contributed by atoms with Gasteiger partial charge in [-0.15, -0.1) is 5.10 Å². The molecule has 104 valence electrons. The minimum Gasteiger partial charge on any atom is -0.497 e. The standard InChI is InChI=1S/C12H13N5O3/c1-20-8-4-2-7(3-5-8)9-6-17-11(14-15-16-17)10(9)13-12(18)19/h2-5,9-10,13H,6H2,1H3,(H,18,19). The summed E-state index contributed by atoms with van der Waals surface area (Å²) in [4.78, 5) is 11.0. The van der Waals surface area contributed by atoms with Gasteiger partial charge in [-0.3, -0.25) is 0 Å². The first-order chi connectivity index (χ1) is 9.69. The molecule has 0 fully saturated rings. The number of carbonyl (C=O) groups is 1. The first-order valence-electron chi connectivity index (χ1n) is 6.08. The molecule has 8 heteroatoms. The summed E-state index contributed by atoms with van der Waals surface area (Å²) in [6, 6.07) is 7.08. The van der Waals surface area contributed by atoms with Gasteiger partial charge in [0.25, 0.3) is 0 Å². The lowest BCUT2D eigenvalue weighted by atomic mass is 9.93. The Balaban J connectivity index is 1.91. The number of nitrogens with zero attached hydrogens (tertiary/aromatic N) is 4. The van der Waals surface area contributed by atoms with Gasteiger partial charge < -0.3 is 15.2 Å². The van der Waals surface area contributed by atoms with Crippen LogP contribution in [0.5, 0.6) is 5.75 Å². The number of tetrazole rings is 1. The van der Waals surface area contributed by atoms with Crippen LogP contribution >= 0.6 is 0 Å². The SMILES string of the molecule is COc1ccc(C2Cn3nnnc3C2NC(=O)O)cc1. The Morgan fingerprint density at radius 1 is 1.45 bits per heavy atom. The van der Waals surface area contributed by atoms with E-state index in [1.807, 2.05) is 24.3 Å². The zero-order valence-electron chi connectivity index (χ0n) is 10.7. The van der Waals surface area contributed by atoms with Crippen molar-refractivity contribution in [2.24, 2.45) is 0 Å². The van der Waals surface area contributed by atoms with Gasteiger partial charge in [0.15, 0.2) is 5.82 Å². The fourth-order valence-electron chi connectivity index (χ4n) is 2.48. The van der Waals surface area contributed by atoms with Crippen molar-refractivity contribution in [3.63, 3.8) is 0 Å². The summed E-state index contributed by atoms with van der Waals surface area (Å²) in [6.07, 6.45) is -1.09. The van der Waals surface area contributed by atoms with Crippen LogP contribution in [-0.2, 0) is 6.54 Å². The molecule has 1 aromatic heterocycles. The molecule has 3 rings (SSSR count). The third kappa shape index (κ3) is 2.04.